The molecule has 7 nitrogen and oxygen atoms in total. The summed E-state index contributed by atoms with van der Waals surface area (Å²) in [7, 11) is 1.78. The Hall–Kier alpha value is -2.05. The lowest BCUT2D eigenvalue weighted by Crippen LogP contribution is -2.46. The molecule has 0 bridgehead atoms. The summed E-state index contributed by atoms with van der Waals surface area (Å²) in [5, 5.41) is 11.3. The van der Waals surface area contributed by atoms with Crippen LogP contribution in [0.15, 0.2) is 11.1 Å². The molecule has 2 N–H and O–H groups in total. The van der Waals surface area contributed by atoms with E-state index in [2.05, 4.69) is 45.3 Å². The van der Waals surface area contributed by atoms with Crippen LogP contribution in [0.5, 0.6) is 0 Å². The molecular formula is C18H32N6O. The Labute approximate surface area is 150 Å². The van der Waals surface area contributed by atoms with Gasteiger partial charge in [0, 0.05) is 51.4 Å². The number of carbonyl (C=O) groups excluding carboxylic acids is 1. The Morgan fingerprint density at radius 3 is 2.84 bits per heavy atom. The largest absolute Gasteiger partial charge is 0.356 e. The van der Waals surface area contributed by atoms with Crippen LogP contribution in [0, 0.1) is 19.8 Å². The molecule has 0 spiro atoms. The van der Waals surface area contributed by atoms with E-state index in [1.54, 1.807) is 7.05 Å². The number of amides is 1. The number of carbonyl (C=O) groups is 1. The van der Waals surface area contributed by atoms with Crippen molar-refractivity contribution in [3.05, 3.63) is 17.5 Å². The van der Waals surface area contributed by atoms with E-state index in [-0.39, 0.29) is 11.9 Å². The number of hydrogen-bond donors (Lipinski definition) is 2. The molecule has 1 aliphatic rings. The summed E-state index contributed by atoms with van der Waals surface area (Å²) >= 11 is 0. The number of rotatable bonds is 6. The van der Waals surface area contributed by atoms with Crippen LogP contribution in [0.2, 0.25) is 0 Å². The normalized spacial score (nSPS) is 19.2. The molecule has 0 aliphatic carbocycles. The molecule has 2 unspecified atom stereocenters. The molecule has 7 heteroatoms. The van der Waals surface area contributed by atoms with Gasteiger partial charge in [0.2, 0.25) is 5.91 Å². The maximum atomic E-state index is 11.8. The van der Waals surface area contributed by atoms with E-state index in [1.165, 1.54) is 5.69 Å². The van der Waals surface area contributed by atoms with E-state index in [1.807, 2.05) is 18.7 Å². The molecule has 2 rings (SSSR count). The first-order valence-corrected chi connectivity index (χ1v) is 9.19. The maximum absolute atomic E-state index is 11.8. The fourth-order valence-electron chi connectivity index (χ4n) is 3.21. The van der Waals surface area contributed by atoms with E-state index in [4.69, 9.17) is 0 Å². The van der Waals surface area contributed by atoms with Crippen LogP contribution >= 0.6 is 0 Å². The molecule has 1 aromatic heterocycles. The number of nitrogens with one attached hydrogen (secondary N) is 2. The minimum Gasteiger partial charge on any atom is -0.356 e. The van der Waals surface area contributed by atoms with Crippen molar-refractivity contribution in [2.75, 3.05) is 26.7 Å². The average molecular weight is 348 g/mol. The third kappa shape index (κ3) is 5.47. The van der Waals surface area contributed by atoms with Gasteiger partial charge in [0.25, 0.3) is 0 Å². The second-order valence-corrected chi connectivity index (χ2v) is 6.99. The third-order valence-electron chi connectivity index (χ3n) is 4.61. The van der Waals surface area contributed by atoms with Gasteiger partial charge in [0.15, 0.2) is 5.96 Å². The molecule has 1 aliphatic heterocycles. The molecule has 1 aromatic rings. The van der Waals surface area contributed by atoms with E-state index in [0.29, 0.717) is 12.3 Å². The molecule has 1 saturated heterocycles. The van der Waals surface area contributed by atoms with Crippen LogP contribution in [0.1, 0.15) is 38.1 Å². The summed E-state index contributed by atoms with van der Waals surface area (Å²) in [5.74, 6) is 1.46. The second kappa shape index (κ2) is 8.87. The highest BCUT2D eigenvalue weighted by molar-refractivity contribution is 5.80. The smallest absolute Gasteiger partial charge is 0.222 e. The van der Waals surface area contributed by atoms with Crippen LogP contribution in [0.25, 0.3) is 0 Å². The Bertz CT molecular complexity index is 609. The SMILES string of the molecule is CCC(=O)N1CCC(NC(=NC)NCC(C)Cn2nc(C)cc2C)C1. The molecule has 140 valence electrons. The predicted octanol–water partition coefficient (Wildman–Crippen LogP) is 1.31. The lowest BCUT2D eigenvalue weighted by Gasteiger charge is -2.20. The van der Waals surface area contributed by atoms with Crippen molar-refractivity contribution in [3.63, 3.8) is 0 Å². The zero-order valence-electron chi connectivity index (χ0n) is 16.2. The van der Waals surface area contributed by atoms with Crippen molar-refractivity contribution in [1.29, 1.82) is 0 Å². The van der Waals surface area contributed by atoms with Gasteiger partial charge in [-0.3, -0.25) is 14.5 Å². The summed E-state index contributed by atoms with van der Waals surface area (Å²) in [4.78, 5) is 18.0. The first-order valence-electron chi connectivity index (χ1n) is 9.19. The Kier molecular flexibility index (Phi) is 6.84. The van der Waals surface area contributed by atoms with Gasteiger partial charge in [-0.15, -0.1) is 0 Å². The van der Waals surface area contributed by atoms with Gasteiger partial charge in [0.05, 0.1) is 5.69 Å². The summed E-state index contributed by atoms with van der Waals surface area (Å²) in [6.07, 6.45) is 1.54. The van der Waals surface area contributed by atoms with Crippen molar-refractivity contribution in [3.8, 4) is 0 Å². The molecule has 2 atom stereocenters. The van der Waals surface area contributed by atoms with Gasteiger partial charge in [-0.25, -0.2) is 0 Å². The Morgan fingerprint density at radius 2 is 2.24 bits per heavy atom. The van der Waals surface area contributed by atoms with Crippen LogP contribution in [0.4, 0.5) is 0 Å². The molecule has 25 heavy (non-hydrogen) atoms. The topological polar surface area (TPSA) is 74.6 Å². The van der Waals surface area contributed by atoms with Gasteiger partial charge in [-0.05, 0) is 32.3 Å². The van der Waals surface area contributed by atoms with Crippen LogP contribution in [-0.4, -0.2) is 59.3 Å². The number of guanidine groups is 1. The summed E-state index contributed by atoms with van der Waals surface area (Å²) < 4.78 is 2.06. The molecular weight excluding hydrogens is 316 g/mol. The molecule has 1 amide bonds. The zero-order valence-corrected chi connectivity index (χ0v) is 16.2. The number of aromatic nitrogens is 2. The fourth-order valence-corrected chi connectivity index (χ4v) is 3.21. The predicted molar refractivity (Wildman–Crippen MR) is 101 cm³/mol. The number of aliphatic imine (C=N–C) groups is 1. The van der Waals surface area contributed by atoms with E-state index in [9.17, 15) is 4.79 Å². The highest BCUT2D eigenvalue weighted by Crippen LogP contribution is 2.10. The third-order valence-corrected chi connectivity index (χ3v) is 4.61. The molecule has 0 aromatic carbocycles. The molecule has 1 fully saturated rings. The van der Waals surface area contributed by atoms with Crippen molar-refractivity contribution in [1.82, 2.24) is 25.3 Å². The van der Waals surface area contributed by atoms with Crippen molar-refractivity contribution >= 4 is 11.9 Å². The van der Waals surface area contributed by atoms with Gasteiger partial charge in [-0.1, -0.05) is 13.8 Å². The maximum Gasteiger partial charge on any atom is 0.222 e. The number of nitrogens with zero attached hydrogens (tertiary/aromatic N) is 4. The van der Waals surface area contributed by atoms with E-state index in [0.717, 1.165) is 44.3 Å². The first kappa shape index (κ1) is 19.3. The first-order chi connectivity index (χ1) is 11.9. The minimum absolute atomic E-state index is 0.228. The van der Waals surface area contributed by atoms with E-state index >= 15 is 0 Å². The Balaban J connectivity index is 1.77. The Morgan fingerprint density at radius 1 is 1.48 bits per heavy atom. The summed E-state index contributed by atoms with van der Waals surface area (Å²) in [6, 6.07) is 2.37. The molecule has 2 heterocycles. The second-order valence-electron chi connectivity index (χ2n) is 6.99. The monoisotopic (exact) mass is 348 g/mol. The average Bonchev–Trinajstić information content (AvgIpc) is 3.17. The molecule has 0 saturated carbocycles. The van der Waals surface area contributed by atoms with Gasteiger partial charge in [0.1, 0.15) is 0 Å². The molecule has 0 radical (unpaired) electrons. The van der Waals surface area contributed by atoms with Gasteiger partial charge >= 0.3 is 0 Å². The standard InChI is InChI=1S/C18H32N6O/c1-6-17(25)23-8-7-16(12-23)21-18(19-5)20-10-13(2)11-24-15(4)9-14(3)22-24/h9,13,16H,6-8,10-12H2,1-5H3,(H2,19,20,21). The number of hydrogen-bond acceptors (Lipinski definition) is 3. The number of likely N-dealkylation sites (tertiary alicyclic amines) is 1. The summed E-state index contributed by atoms with van der Waals surface area (Å²) in [5.41, 5.74) is 2.25. The van der Waals surface area contributed by atoms with Crippen molar-refractivity contribution in [2.45, 2.75) is 53.1 Å². The van der Waals surface area contributed by atoms with Crippen LogP contribution < -0.4 is 10.6 Å². The zero-order chi connectivity index (χ0) is 18.4. The van der Waals surface area contributed by atoms with E-state index < -0.39 is 0 Å². The van der Waals surface area contributed by atoms with Gasteiger partial charge in [-0.2, -0.15) is 5.10 Å². The lowest BCUT2D eigenvalue weighted by atomic mass is 10.2. The fraction of sp³-hybridized carbons (Fsp3) is 0.722. The summed E-state index contributed by atoms with van der Waals surface area (Å²) in [6.45, 7) is 11.5. The highest BCUT2D eigenvalue weighted by atomic mass is 16.2. The van der Waals surface area contributed by atoms with Crippen LogP contribution in [0.3, 0.4) is 0 Å². The van der Waals surface area contributed by atoms with Crippen LogP contribution in [-0.2, 0) is 11.3 Å². The highest BCUT2D eigenvalue weighted by Gasteiger charge is 2.25. The van der Waals surface area contributed by atoms with Crippen molar-refractivity contribution in [2.24, 2.45) is 10.9 Å². The number of aryl methyl sites for hydroxylation is 2. The minimum atomic E-state index is 0.228. The lowest BCUT2D eigenvalue weighted by molar-refractivity contribution is -0.129. The van der Waals surface area contributed by atoms with Gasteiger partial charge < -0.3 is 15.5 Å². The van der Waals surface area contributed by atoms with Crippen molar-refractivity contribution < 1.29 is 4.79 Å². The quantitative estimate of drug-likeness (QED) is 0.600.